The summed E-state index contributed by atoms with van der Waals surface area (Å²) < 4.78 is 22.0. The fourth-order valence-corrected chi connectivity index (χ4v) is 3.66. The molecule has 1 aromatic carbocycles. The Morgan fingerprint density at radius 3 is 2.85 bits per heavy atom. The van der Waals surface area contributed by atoms with Crippen LogP contribution in [0.5, 0.6) is 0 Å². The van der Waals surface area contributed by atoms with E-state index < -0.39 is 5.82 Å². The molecule has 1 aliphatic rings. The number of carbonyl (C=O) groups excluding carboxylic acids is 1. The van der Waals surface area contributed by atoms with Crippen LogP contribution in [0.15, 0.2) is 35.4 Å². The van der Waals surface area contributed by atoms with E-state index in [2.05, 4.69) is 35.5 Å². The molecule has 1 fully saturated rings. The molecule has 0 saturated heterocycles. The molecule has 3 heterocycles. The van der Waals surface area contributed by atoms with E-state index in [0.717, 1.165) is 12.8 Å². The first-order valence-corrected chi connectivity index (χ1v) is 11.0. The van der Waals surface area contributed by atoms with Crippen LogP contribution in [0, 0.1) is 5.82 Å². The van der Waals surface area contributed by atoms with Gasteiger partial charge in [-0.15, -0.1) is 0 Å². The molecule has 0 aliphatic heterocycles. The summed E-state index contributed by atoms with van der Waals surface area (Å²) in [7, 11) is 1.78. The number of halogens is 2. The average molecular weight is 483 g/mol. The smallest absolute Gasteiger partial charge is 0.238 e. The van der Waals surface area contributed by atoms with Gasteiger partial charge in [-0.3, -0.25) is 9.48 Å². The number of rotatable bonds is 8. The number of anilines is 2. The lowest BCUT2D eigenvalue weighted by molar-refractivity contribution is 0.0970. The monoisotopic (exact) mass is 482 g/mol. The first kappa shape index (κ1) is 22.1. The second-order valence-electron chi connectivity index (χ2n) is 8.47. The number of nitrogens with one attached hydrogen (secondary N) is 1. The quantitative estimate of drug-likeness (QED) is 0.370. The summed E-state index contributed by atoms with van der Waals surface area (Å²) in [6.45, 7) is 2.02. The lowest BCUT2D eigenvalue weighted by atomic mass is 10.0. The summed E-state index contributed by atoms with van der Waals surface area (Å²) in [4.78, 5) is 29.1. The molecule has 1 aliphatic carbocycles. The maximum Gasteiger partial charge on any atom is 0.238 e. The van der Waals surface area contributed by atoms with Crippen LogP contribution in [0.25, 0.3) is 11.4 Å². The lowest BCUT2D eigenvalue weighted by Crippen LogP contribution is -2.06. The summed E-state index contributed by atoms with van der Waals surface area (Å²) in [5.41, 5.74) is 1.17. The molecule has 0 spiro atoms. The van der Waals surface area contributed by atoms with Crippen molar-refractivity contribution in [3.8, 4) is 11.4 Å². The second-order valence-corrected chi connectivity index (χ2v) is 8.85. The Labute approximate surface area is 198 Å². The highest BCUT2D eigenvalue weighted by Gasteiger charge is 2.44. The number of hydrogen-bond acceptors (Lipinski definition) is 9. The van der Waals surface area contributed by atoms with Gasteiger partial charge >= 0.3 is 0 Å². The molecule has 0 amide bonds. The second kappa shape index (κ2) is 8.56. The van der Waals surface area contributed by atoms with Crippen molar-refractivity contribution < 1.29 is 13.7 Å². The van der Waals surface area contributed by atoms with Gasteiger partial charge in [0.05, 0.1) is 22.5 Å². The minimum Gasteiger partial charge on any atom is -0.338 e. The topological polar surface area (TPSA) is 125 Å². The Morgan fingerprint density at radius 2 is 2.12 bits per heavy atom. The van der Waals surface area contributed by atoms with Crippen molar-refractivity contribution in [2.75, 3.05) is 5.32 Å². The Kier molecular flexibility index (Phi) is 5.56. The summed E-state index contributed by atoms with van der Waals surface area (Å²) in [6.07, 6.45) is 6.86. The SMILES string of the molecule is Cn1cc(Nc2ncnc(-c3ccc(CCC(=O)c4noc(C5(C)CC5)n4)c(Cl)c3F)n2)cn1. The summed E-state index contributed by atoms with van der Waals surface area (Å²) in [5.74, 6) is -0.0785. The van der Waals surface area contributed by atoms with Crippen LogP contribution in [-0.4, -0.2) is 40.7 Å². The zero-order valence-electron chi connectivity index (χ0n) is 18.4. The van der Waals surface area contributed by atoms with E-state index in [1.807, 2.05) is 6.92 Å². The van der Waals surface area contributed by atoms with E-state index in [-0.39, 0.29) is 52.2 Å². The van der Waals surface area contributed by atoms with Gasteiger partial charge in [-0.25, -0.2) is 14.4 Å². The fraction of sp³-hybridized carbons (Fsp3) is 0.318. The zero-order chi connectivity index (χ0) is 23.9. The van der Waals surface area contributed by atoms with Gasteiger partial charge in [0, 0.05) is 25.1 Å². The van der Waals surface area contributed by atoms with Gasteiger partial charge in [0.15, 0.2) is 11.6 Å². The van der Waals surface area contributed by atoms with Crippen molar-refractivity contribution in [2.24, 2.45) is 7.05 Å². The lowest BCUT2D eigenvalue weighted by Gasteiger charge is -2.09. The predicted molar refractivity (Wildman–Crippen MR) is 120 cm³/mol. The first-order valence-electron chi connectivity index (χ1n) is 10.6. The van der Waals surface area contributed by atoms with Crippen LogP contribution >= 0.6 is 11.6 Å². The number of Topliss-reactive ketones (excluding diaryl/α,β-unsaturated/α-hetero) is 1. The van der Waals surface area contributed by atoms with E-state index in [9.17, 15) is 4.79 Å². The van der Waals surface area contributed by atoms with Crippen LogP contribution in [0.4, 0.5) is 16.0 Å². The molecule has 0 unspecified atom stereocenters. The maximum atomic E-state index is 15.1. The van der Waals surface area contributed by atoms with E-state index >= 15 is 4.39 Å². The van der Waals surface area contributed by atoms with Crippen LogP contribution in [-0.2, 0) is 18.9 Å². The molecule has 174 valence electrons. The molecule has 0 atom stereocenters. The minimum absolute atomic E-state index is 0.0372. The van der Waals surface area contributed by atoms with E-state index in [1.165, 1.54) is 12.4 Å². The molecule has 1 N–H and O–H groups in total. The molecule has 3 aromatic heterocycles. The van der Waals surface area contributed by atoms with Crippen molar-refractivity contribution in [2.45, 2.75) is 38.0 Å². The van der Waals surface area contributed by atoms with Gasteiger partial charge < -0.3 is 9.84 Å². The van der Waals surface area contributed by atoms with Crippen LogP contribution < -0.4 is 5.32 Å². The molecule has 12 heteroatoms. The number of benzene rings is 1. The summed E-state index contributed by atoms with van der Waals surface area (Å²) >= 11 is 6.29. The van der Waals surface area contributed by atoms with E-state index in [1.54, 1.807) is 30.2 Å². The highest BCUT2D eigenvalue weighted by molar-refractivity contribution is 6.31. The van der Waals surface area contributed by atoms with Crippen molar-refractivity contribution in [3.05, 3.63) is 59.0 Å². The molecule has 34 heavy (non-hydrogen) atoms. The number of aromatic nitrogens is 7. The highest BCUT2D eigenvalue weighted by atomic mass is 35.5. The number of carbonyl (C=O) groups is 1. The van der Waals surface area contributed by atoms with Gasteiger partial charge in [0.25, 0.3) is 0 Å². The fourth-order valence-electron chi connectivity index (χ4n) is 3.40. The van der Waals surface area contributed by atoms with Gasteiger partial charge in [0.2, 0.25) is 23.4 Å². The number of ketones is 1. The third-order valence-electron chi connectivity index (χ3n) is 5.75. The van der Waals surface area contributed by atoms with E-state index in [0.29, 0.717) is 17.1 Å². The molecule has 0 bridgehead atoms. The predicted octanol–water partition coefficient (Wildman–Crippen LogP) is 4.06. The standard InChI is InChI=1S/C22H20ClFN8O2/c1-22(7-8-22)20-29-19(31-34-20)15(33)6-4-12-3-5-14(17(24)16(12)23)18-25-11-26-21(30-18)28-13-9-27-32(2)10-13/h3,5,9-11H,4,6-8H2,1-2H3,(H,25,26,28,30). The molecule has 0 radical (unpaired) electrons. The van der Waals surface area contributed by atoms with Crippen molar-refractivity contribution >= 4 is 29.0 Å². The zero-order valence-corrected chi connectivity index (χ0v) is 19.2. The molecular formula is C22H20ClFN8O2. The number of hydrogen-bond donors (Lipinski definition) is 1. The van der Waals surface area contributed by atoms with E-state index in [4.69, 9.17) is 16.1 Å². The average Bonchev–Trinajstić information content (AvgIpc) is 3.20. The van der Waals surface area contributed by atoms with Gasteiger partial charge in [-0.1, -0.05) is 29.7 Å². The van der Waals surface area contributed by atoms with Crippen LogP contribution in [0.2, 0.25) is 5.02 Å². The molecule has 10 nitrogen and oxygen atoms in total. The van der Waals surface area contributed by atoms with Crippen LogP contribution in [0.1, 0.15) is 48.3 Å². The van der Waals surface area contributed by atoms with Crippen LogP contribution in [0.3, 0.4) is 0 Å². The highest BCUT2D eigenvalue weighted by Crippen LogP contribution is 2.46. The third-order valence-corrected chi connectivity index (χ3v) is 6.16. The minimum atomic E-state index is -0.673. The normalized spacial score (nSPS) is 14.2. The molecule has 4 aromatic rings. The Bertz CT molecular complexity index is 1380. The van der Waals surface area contributed by atoms with Crippen molar-refractivity contribution in [1.82, 2.24) is 34.9 Å². The largest absolute Gasteiger partial charge is 0.338 e. The molecule has 1 saturated carbocycles. The Morgan fingerprint density at radius 1 is 1.29 bits per heavy atom. The summed E-state index contributed by atoms with van der Waals surface area (Å²) in [6, 6.07) is 3.18. The van der Waals surface area contributed by atoms with Gasteiger partial charge in [-0.2, -0.15) is 15.1 Å². The maximum absolute atomic E-state index is 15.1. The van der Waals surface area contributed by atoms with Gasteiger partial charge in [0.1, 0.15) is 6.33 Å². The Balaban J connectivity index is 1.29. The molecular weight excluding hydrogens is 463 g/mol. The Hall–Kier alpha value is -3.73. The summed E-state index contributed by atoms with van der Waals surface area (Å²) in [5, 5.41) is 10.7. The number of aryl methyl sites for hydroxylation is 2. The van der Waals surface area contributed by atoms with Gasteiger partial charge in [-0.05, 0) is 30.9 Å². The number of nitrogens with zero attached hydrogens (tertiary/aromatic N) is 7. The van der Waals surface area contributed by atoms with Crippen molar-refractivity contribution in [1.29, 1.82) is 0 Å². The third kappa shape index (κ3) is 4.38. The van der Waals surface area contributed by atoms with Crippen molar-refractivity contribution in [3.63, 3.8) is 0 Å². The molecule has 5 rings (SSSR count). The first-order chi connectivity index (χ1) is 16.3.